The molecule has 3 rings (SSSR count). The zero-order valence-corrected chi connectivity index (χ0v) is 16.1. The number of aryl methyl sites for hydroxylation is 1. The number of benzene rings is 1. The molecule has 1 amide bonds. The molecule has 1 unspecified atom stereocenters. The second kappa shape index (κ2) is 8.68. The van der Waals surface area contributed by atoms with Crippen molar-refractivity contribution in [3.8, 4) is 0 Å². The largest absolute Gasteiger partial charge is 0.445 e. The molecule has 1 N–H and O–H groups in total. The average Bonchev–Trinajstić information content (AvgIpc) is 2.67. The van der Waals surface area contributed by atoms with Crippen molar-refractivity contribution in [2.75, 3.05) is 25.0 Å². The van der Waals surface area contributed by atoms with Crippen LogP contribution in [0, 0.1) is 12.8 Å². The maximum Gasteiger partial charge on any atom is 0.410 e. The molecule has 0 aliphatic carbocycles. The van der Waals surface area contributed by atoms with Gasteiger partial charge in [-0.05, 0) is 31.0 Å². The van der Waals surface area contributed by atoms with Crippen LogP contribution in [0.15, 0.2) is 36.7 Å². The molecule has 1 aromatic heterocycles. The van der Waals surface area contributed by atoms with Crippen molar-refractivity contribution in [3.05, 3.63) is 52.9 Å². The predicted molar refractivity (Wildman–Crippen MR) is 102 cm³/mol. The van der Waals surface area contributed by atoms with Gasteiger partial charge < -0.3 is 15.0 Å². The highest BCUT2D eigenvalue weighted by Gasteiger charge is 2.46. The van der Waals surface area contributed by atoms with Gasteiger partial charge in [-0.15, -0.1) is 0 Å². The van der Waals surface area contributed by atoms with Gasteiger partial charge in [0.25, 0.3) is 5.92 Å². The number of carbonyl (C=O) groups is 1. The molecular weight excluding hydrogens is 390 g/mol. The summed E-state index contributed by atoms with van der Waals surface area (Å²) in [6.45, 7) is 1.40. The summed E-state index contributed by atoms with van der Waals surface area (Å²) in [6, 6.07) is 6.79. The molecule has 2 heterocycles. The summed E-state index contributed by atoms with van der Waals surface area (Å²) in [7, 11) is 0. The van der Waals surface area contributed by atoms with Crippen molar-refractivity contribution in [1.29, 1.82) is 0 Å². The molecule has 0 bridgehead atoms. The number of alkyl halides is 2. The molecule has 1 saturated heterocycles. The van der Waals surface area contributed by atoms with Crippen LogP contribution in [0.5, 0.6) is 0 Å². The maximum absolute atomic E-state index is 14.5. The Morgan fingerprint density at radius 1 is 1.32 bits per heavy atom. The van der Waals surface area contributed by atoms with E-state index < -0.39 is 24.5 Å². The minimum absolute atomic E-state index is 0.00908. The Morgan fingerprint density at radius 2 is 2.07 bits per heavy atom. The van der Waals surface area contributed by atoms with Crippen LogP contribution in [0.2, 0.25) is 5.02 Å². The molecule has 1 fully saturated rings. The highest BCUT2D eigenvalue weighted by Crippen LogP contribution is 2.33. The van der Waals surface area contributed by atoms with Gasteiger partial charge in [-0.25, -0.2) is 18.6 Å². The summed E-state index contributed by atoms with van der Waals surface area (Å²) >= 11 is 5.80. The van der Waals surface area contributed by atoms with E-state index in [2.05, 4.69) is 15.3 Å². The summed E-state index contributed by atoms with van der Waals surface area (Å²) in [5.41, 5.74) is 1.49. The van der Waals surface area contributed by atoms with Crippen LogP contribution >= 0.6 is 11.6 Å². The zero-order valence-electron chi connectivity index (χ0n) is 15.4. The lowest BCUT2D eigenvalue weighted by Gasteiger charge is -2.37. The Morgan fingerprint density at radius 3 is 2.71 bits per heavy atom. The van der Waals surface area contributed by atoms with Gasteiger partial charge in [0.05, 0.1) is 24.6 Å². The topological polar surface area (TPSA) is 67.4 Å². The fourth-order valence-corrected chi connectivity index (χ4v) is 3.05. The Labute approximate surface area is 166 Å². The van der Waals surface area contributed by atoms with E-state index in [-0.39, 0.29) is 26.1 Å². The number of aromatic nitrogens is 2. The minimum atomic E-state index is -3.03. The van der Waals surface area contributed by atoms with E-state index in [0.29, 0.717) is 10.8 Å². The monoisotopic (exact) mass is 410 g/mol. The van der Waals surface area contributed by atoms with Crippen molar-refractivity contribution in [3.63, 3.8) is 0 Å². The van der Waals surface area contributed by atoms with Crippen molar-refractivity contribution < 1.29 is 18.3 Å². The minimum Gasteiger partial charge on any atom is -0.445 e. The molecule has 28 heavy (non-hydrogen) atoms. The number of carbonyl (C=O) groups excluding carboxylic acids is 1. The number of likely N-dealkylation sites (tertiary alicyclic amines) is 1. The van der Waals surface area contributed by atoms with Crippen molar-refractivity contribution in [2.45, 2.75) is 25.9 Å². The fourth-order valence-electron chi connectivity index (χ4n) is 2.92. The van der Waals surface area contributed by atoms with Crippen molar-refractivity contribution in [2.24, 2.45) is 5.92 Å². The lowest BCUT2D eigenvalue weighted by atomic mass is 9.93. The molecule has 2 aromatic rings. The summed E-state index contributed by atoms with van der Waals surface area (Å²) in [6.07, 6.45) is 2.50. The maximum atomic E-state index is 14.5. The summed E-state index contributed by atoms with van der Waals surface area (Å²) in [5, 5.41) is 3.46. The third-order valence-electron chi connectivity index (χ3n) is 4.59. The number of ether oxygens (including phenoxy) is 1. The normalized spacial score (nSPS) is 18.6. The first-order valence-electron chi connectivity index (χ1n) is 8.90. The first-order chi connectivity index (χ1) is 13.3. The van der Waals surface area contributed by atoms with Gasteiger partial charge in [-0.1, -0.05) is 23.7 Å². The SMILES string of the molecule is Cc1cnc(NCC2CCN(C(=O)OCc3ccc(Cl)cc3)CC2(F)F)cn1. The van der Waals surface area contributed by atoms with Crippen LogP contribution < -0.4 is 5.32 Å². The fraction of sp³-hybridized carbons (Fsp3) is 0.421. The van der Waals surface area contributed by atoms with Gasteiger partial charge in [-0.2, -0.15) is 0 Å². The number of nitrogens with one attached hydrogen (secondary N) is 1. The van der Waals surface area contributed by atoms with E-state index in [0.717, 1.165) is 16.2 Å². The number of amides is 1. The van der Waals surface area contributed by atoms with E-state index in [1.54, 1.807) is 37.4 Å². The van der Waals surface area contributed by atoms with E-state index in [1.165, 1.54) is 6.20 Å². The van der Waals surface area contributed by atoms with Crippen LogP contribution in [0.4, 0.5) is 19.4 Å². The van der Waals surface area contributed by atoms with Crippen LogP contribution in [-0.4, -0.2) is 46.5 Å². The Bertz CT molecular complexity index is 803. The van der Waals surface area contributed by atoms with E-state index in [1.807, 2.05) is 0 Å². The number of anilines is 1. The number of piperidine rings is 1. The van der Waals surface area contributed by atoms with Gasteiger partial charge in [-0.3, -0.25) is 4.98 Å². The quantitative estimate of drug-likeness (QED) is 0.802. The predicted octanol–water partition coefficient (Wildman–Crippen LogP) is 4.14. The molecule has 6 nitrogen and oxygen atoms in total. The molecular formula is C19H21ClF2N4O2. The third kappa shape index (κ3) is 5.28. The summed E-state index contributed by atoms with van der Waals surface area (Å²) in [5.74, 6) is -3.48. The number of hydrogen-bond acceptors (Lipinski definition) is 5. The second-order valence-electron chi connectivity index (χ2n) is 6.77. The van der Waals surface area contributed by atoms with Crippen LogP contribution in [0.25, 0.3) is 0 Å². The first kappa shape index (κ1) is 20.3. The Hall–Kier alpha value is -2.48. The van der Waals surface area contributed by atoms with Crippen molar-refractivity contribution in [1.82, 2.24) is 14.9 Å². The molecule has 0 spiro atoms. The second-order valence-corrected chi connectivity index (χ2v) is 7.21. The van der Waals surface area contributed by atoms with Gasteiger partial charge in [0.1, 0.15) is 12.4 Å². The number of rotatable bonds is 5. The average molecular weight is 411 g/mol. The standard InChI is InChI=1S/C19H21ClF2N4O2/c1-13-8-24-17(10-23-13)25-9-15-6-7-26(12-19(15,21)22)18(27)28-11-14-2-4-16(20)5-3-14/h2-5,8,10,15H,6-7,9,11-12H2,1H3,(H,24,25). The molecule has 9 heteroatoms. The number of nitrogens with zero attached hydrogens (tertiary/aromatic N) is 3. The smallest absolute Gasteiger partial charge is 0.410 e. The Balaban J connectivity index is 1.49. The first-order valence-corrected chi connectivity index (χ1v) is 9.28. The highest BCUT2D eigenvalue weighted by atomic mass is 35.5. The Kier molecular flexibility index (Phi) is 6.28. The van der Waals surface area contributed by atoms with Crippen LogP contribution in [0.1, 0.15) is 17.7 Å². The lowest BCUT2D eigenvalue weighted by Crippen LogP contribution is -2.52. The third-order valence-corrected chi connectivity index (χ3v) is 4.84. The van der Waals surface area contributed by atoms with Gasteiger partial charge >= 0.3 is 6.09 Å². The van der Waals surface area contributed by atoms with Gasteiger partial charge in [0.2, 0.25) is 0 Å². The molecule has 0 radical (unpaired) electrons. The number of halogens is 3. The van der Waals surface area contributed by atoms with E-state index >= 15 is 0 Å². The van der Waals surface area contributed by atoms with E-state index in [4.69, 9.17) is 16.3 Å². The van der Waals surface area contributed by atoms with Crippen LogP contribution in [-0.2, 0) is 11.3 Å². The lowest BCUT2D eigenvalue weighted by molar-refractivity contribution is -0.101. The summed E-state index contributed by atoms with van der Waals surface area (Å²) < 4.78 is 34.2. The number of hydrogen-bond donors (Lipinski definition) is 1. The van der Waals surface area contributed by atoms with E-state index in [9.17, 15) is 13.6 Å². The molecule has 1 aliphatic rings. The molecule has 150 valence electrons. The van der Waals surface area contributed by atoms with Gasteiger partial charge in [0, 0.05) is 24.0 Å². The summed E-state index contributed by atoms with van der Waals surface area (Å²) in [4.78, 5) is 21.4. The van der Waals surface area contributed by atoms with Crippen LogP contribution in [0.3, 0.4) is 0 Å². The molecule has 1 aromatic carbocycles. The molecule has 1 aliphatic heterocycles. The van der Waals surface area contributed by atoms with Gasteiger partial charge in [0.15, 0.2) is 0 Å². The molecule has 0 saturated carbocycles. The van der Waals surface area contributed by atoms with Crippen molar-refractivity contribution >= 4 is 23.5 Å². The highest BCUT2D eigenvalue weighted by molar-refractivity contribution is 6.30. The molecule has 1 atom stereocenters. The zero-order chi connectivity index (χ0) is 20.1.